The molecule has 0 atom stereocenters. The van der Waals surface area contributed by atoms with E-state index in [1.807, 2.05) is 0 Å². The van der Waals surface area contributed by atoms with Crippen molar-refractivity contribution >= 4 is 6.21 Å². The van der Waals surface area contributed by atoms with Crippen molar-refractivity contribution in [1.29, 1.82) is 0 Å². The minimum absolute atomic E-state index is 0.00502. The summed E-state index contributed by atoms with van der Waals surface area (Å²) in [7, 11) is 0. The molecule has 0 unspecified atom stereocenters. The van der Waals surface area contributed by atoms with E-state index < -0.39 is 6.43 Å². The van der Waals surface area contributed by atoms with Crippen LogP contribution in [0.3, 0.4) is 0 Å². The van der Waals surface area contributed by atoms with E-state index in [0.717, 1.165) is 24.8 Å². The molecular formula is C15H16F2NO. The van der Waals surface area contributed by atoms with Gasteiger partial charge in [-0.3, -0.25) is 0 Å². The third kappa shape index (κ3) is 4.16. The summed E-state index contributed by atoms with van der Waals surface area (Å²) >= 11 is 0. The van der Waals surface area contributed by atoms with Crippen LogP contribution in [0.25, 0.3) is 0 Å². The van der Waals surface area contributed by atoms with Gasteiger partial charge in [0.1, 0.15) is 12.8 Å². The fraction of sp³-hybridized carbons (Fsp3) is 0.400. The highest BCUT2D eigenvalue weighted by atomic mass is 19.3. The highest BCUT2D eigenvalue weighted by Gasteiger charge is 2.11. The Balaban J connectivity index is 1.89. The van der Waals surface area contributed by atoms with Crippen LogP contribution in [0.2, 0.25) is 0 Å². The van der Waals surface area contributed by atoms with Crippen molar-refractivity contribution in [3.63, 3.8) is 0 Å². The molecule has 1 aromatic carbocycles. The van der Waals surface area contributed by atoms with Crippen LogP contribution >= 0.6 is 0 Å². The molecule has 0 spiro atoms. The second kappa shape index (κ2) is 7.02. The maximum Gasteiger partial charge on any atom is 0.264 e. The van der Waals surface area contributed by atoms with Crippen LogP contribution in [0, 0.1) is 0 Å². The van der Waals surface area contributed by atoms with Gasteiger partial charge in [-0.2, -0.15) is 0 Å². The van der Waals surface area contributed by atoms with Gasteiger partial charge in [0.15, 0.2) is 0 Å². The van der Waals surface area contributed by atoms with Gasteiger partial charge in [0.05, 0.1) is 0 Å². The average Bonchev–Trinajstić information content (AvgIpc) is 2.45. The molecule has 101 valence electrons. The second-order valence-electron chi connectivity index (χ2n) is 4.45. The third-order valence-corrected chi connectivity index (χ3v) is 3.06. The van der Waals surface area contributed by atoms with Gasteiger partial charge in [0.2, 0.25) is 0 Å². The van der Waals surface area contributed by atoms with Gasteiger partial charge in [0, 0.05) is 11.1 Å². The van der Waals surface area contributed by atoms with Gasteiger partial charge in [-0.05, 0) is 31.3 Å². The molecule has 1 aliphatic rings. The molecular weight excluding hydrogens is 248 g/mol. The highest BCUT2D eigenvalue weighted by Crippen LogP contribution is 2.23. The Labute approximate surface area is 111 Å². The molecule has 0 heterocycles. The van der Waals surface area contributed by atoms with Crippen LogP contribution in [0.4, 0.5) is 8.78 Å². The molecule has 1 aliphatic carbocycles. The van der Waals surface area contributed by atoms with Crippen LogP contribution in [-0.4, -0.2) is 6.21 Å². The molecule has 1 radical (unpaired) electrons. The highest BCUT2D eigenvalue weighted by molar-refractivity contribution is 5.78. The summed E-state index contributed by atoms with van der Waals surface area (Å²) in [5.74, 6) is 0. The fourth-order valence-corrected chi connectivity index (χ4v) is 2.01. The predicted molar refractivity (Wildman–Crippen MR) is 70.2 cm³/mol. The third-order valence-electron chi connectivity index (χ3n) is 3.06. The van der Waals surface area contributed by atoms with Crippen molar-refractivity contribution in [3.05, 3.63) is 47.0 Å². The van der Waals surface area contributed by atoms with E-state index in [1.165, 1.54) is 12.5 Å². The van der Waals surface area contributed by atoms with Crippen LogP contribution in [-0.2, 0) is 11.4 Å². The van der Waals surface area contributed by atoms with Crippen LogP contribution < -0.4 is 0 Å². The minimum Gasteiger partial charge on any atom is -0.390 e. The monoisotopic (exact) mass is 264 g/mol. The average molecular weight is 264 g/mol. The van der Waals surface area contributed by atoms with Crippen molar-refractivity contribution < 1.29 is 13.6 Å². The molecule has 0 aromatic heterocycles. The fourth-order valence-electron chi connectivity index (χ4n) is 2.01. The summed E-state index contributed by atoms with van der Waals surface area (Å²) in [5, 5.41) is 3.73. The van der Waals surface area contributed by atoms with Crippen LogP contribution in [0.15, 0.2) is 41.1 Å². The number of halogens is 2. The Kier molecular flexibility index (Phi) is 5.07. The number of allylic oxidation sites excluding steroid dienone is 2. The zero-order valence-electron chi connectivity index (χ0n) is 10.6. The van der Waals surface area contributed by atoms with E-state index in [2.05, 4.69) is 17.4 Å². The van der Waals surface area contributed by atoms with Crippen LogP contribution in [0.1, 0.15) is 43.2 Å². The first-order valence-corrected chi connectivity index (χ1v) is 6.40. The maximum absolute atomic E-state index is 12.7. The van der Waals surface area contributed by atoms with E-state index in [4.69, 9.17) is 4.84 Å². The van der Waals surface area contributed by atoms with E-state index in [-0.39, 0.29) is 12.2 Å². The standard InChI is InChI=1S/C15H16F2NO/c16-15(17)14-9-5-4-8-13(14)11-19-18-10-12-6-2-1-3-7-12/h4-6,8-9,15H,1-3,7,11H2. The number of rotatable bonds is 5. The molecule has 19 heavy (non-hydrogen) atoms. The minimum atomic E-state index is -2.49. The SMILES string of the molecule is FC(F)c1ccccc1CO/N=[C]\C1=CCCCC1. The number of hydrogen-bond acceptors (Lipinski definition) is 2. The number of alkyl halides is 2. The van der Waals surface area contributed by atoms with Crippen molar-refractivity contribution in [2.45, 2.75) is 38.7 Å². The predicted octanol–water partition coefficient (Wildman–Crippen LogP) is 4.50. The molecule has 2 nitrogen and oxygen atoms in total. The number of nitrogens with zero attached hydrogens (tertiary/aromatic N) is 1. The van der Waals surface area contributed by atoms with E-state index in [1.54, 1.807) is 18.2 Å². The summed E-state index contributed by atoms with van der Waals surface area (Å²) in [4.78, 5) is 5.05. The Morgan fingerprint density at radius 3 is 2.84 bits per heavy atom. The Hall–Kier alpha value is -1.71. The molecule has 2 rings (SSSR count). The second-order valence-corrected chi connectivity index (χ2v) is 4.45. The van der Waals surface area contributed by atoms with E-state index >= 15 is 0 Å². The Bertz CT molecular complexity index is 469. The van der Waals surface area contributed by atoms with Crippen molar-refractivity contribution in [2.24, 2.45) is 5.16 Å². The van der Waals surface area contributed by atoms with Gasteiger partial charge in [-0.1, -0.05) is 35.5 Å². The lowest BCUT2D eigenvalue weighted by atomic mass is 10.0. The number of hydrogen-bond donors (Lipinski definition) is 0. The van der Waals surface area contributed by atoms with Gasteiger partial charge >= 0.3 is 0 Å². The molecule has 4 heteroatoms. The summed E-state index contributed by atoms with van der Waals surface area (Å²) in [6.07, 6.45) is 6.76. The maximum atomic E-state index is 12.7. The van der Waals surface area contributed by atoms with Crippen molar-refractivity contribution in [1.82, 2.24) is 0 Å². The summed E-state index contributed by atoms with van der Waals surface area (Å²) in [6, 6.07) is 6.33. The molecule has 0 aliphatic heterocycles. The van der Waals surface area contributed by atoms with Gasteiger partial charge in [-0.25, -0.2) is 8.78 Å². The molecule has 1 aromatic rings. The first-order valence-electron chi connectivity index (χ1n) is 6.40. The molecule has 0 N–H and O–H groups in total. The normalized spacial score (nSPS) is 15.8. The summed E-state index contributed by atoms with van der Waals surface area (Å²) in [5.41, 5.74) is 1.49. The molecule has 0 saturated carbocycles. The first kappa shape index (κ1) is 13.7. The number of benzene rings is 1. The quantitative estimate of drug-likeness (QED) is 0.566. The van der Waals surface area contributed by atoms with Gasteiger partial charge in [0.25, 0.3) is 6.43 Å². The van der Waals surface area contributed by atoms with Crippen LogP contribution in [0.5, 0.6) is 0 Å². The molecule has 0 saturated heterocycles. The lowest BCUT2D eigenvalue weighted by molar-refractivity contribution is 0.119. The lowest BCUT2D eigenvalue weighted by Crippen LogP contribution is -1.97. The Morgan fingerprint density at radius 1 is 1.26 bits per heavy atom. The Morgan fingerprint density at radius 2 is 2.11 bits per heavy atom. The van der Waals surface area contributed by atoms with Gasteiger partial charge < -0.3 is 4.84 Å². The summed E-state index contributed by atoms with van der Waals surface area (Å²) < 4.78 is 25.4. The van der Waals surface area contributed by atoms with E-state index in [0.29, 0.717) is 5.56 Å². The summed E-state index contributed by atoms with van der Waals surface area (Å²) in [6.45, 7) is 0.0425. The van der Waals surface area contributed by atoms with Gasteiger partial charge in [-0.15, -0.1) is 0 Å². The molecule has 0 amide bonds. The molecule has 0 fully saturated rings. The smallest absolute Gasteiger partial charge is 0.264 e. The zero-order chi connectivity index (χ0) is 13.5. The topological polar surface area (TPSA) is 21.6 Å². The van der Waals surface area contributed by atoms with Crippen molar-refractivity contribution in [2.75, 3.05) is 0 Å². The molecule has 0 bridgehead atoms. The zero-order valence-corrected chi connectivity index (χ0v) is 10.6. The first-order chi connectivity index (χ1) is 9.27. The van der Waals surface area contributed by atoms with E-state index in [9.17, 15) is 8.78 Å². The van der Waals surface area contributed by atoms with Crippen molar-refractivity contribution in [3.8, 4) is 0 Å². The largest absolute Gasteiger partial charge is 0.390 e. The lowest BCUT2D eigenvalue weighted by Gasteiger charge is -2.08.